The Morgan fingerprint density at radius 3 is 2.50 bits per heavy atom. The van der Waals surface area contributed by atoms with Gasteiger partial charge in [-0.3, -0.25) is 4.79 Å². The number of esters is 1. The summed E-state index contributed by atoms with van der Waals surface area (Å²) >= 11 is 0. The zero-order valence-electron chi connectivity index (χ0n) is 14.3. The molecule has 0 aliphatic rings. The van der Waals surface area contributed by atoms with Crippen LogP contribution < -0.4 is 9.47 Å². The standard InChI is InChI=1S/C17H28NO4/c1-6-22-16(19)11-8-12-18(2,3)13-14-9-7-10-15(20-4)17(14)21-5/h7,9-10H,6,8,11-13H2,1-5H3/q+1. The average molecular weight is 310 g/mol. The van der Waals surface area contributed by atoms with Crippen molar-refractivity contribution in [2.75, 3.05) is 41.5 Å². The molecular formula is C17H28NO4+. The smallest absolute Gasteiger partial charge is 0.305 e. The molecule has 22 heavy (non-hydrogen) atoms. The van der Waals surface area contributed by atoms with E-state index in [1.807, 2.05) is 25.1 Å². The zero-order chi connectivity index (χ0) is 16.6. The Morgan fingerprint density at radius 1 is 1.18 bits per heavy atom. The Balaban J connectivity index is 2.66. The van der Waals surface area contributed by atoms with Gasteiger partial charge in [0.15, 0.2) is 11.5 Å². The molecule has 0 spiro atoms. The van der Waals surface area contributed by atoms with Gasteiger partial charge in [-0.1, -0.05) is 6.07 Å². The average Bonchev–Trinajstić information content (AvgIpc) is 2.46. The van der Waals surface area contributed by atoms with E-state index in [1.165, 1.54) is 0 Å². The van der Waals surface area contributed by atoms with Crippen LogP contribution in [0.1, 0.15) is 25.3 Å². The highest BCUT2D eigenvalue weighted by Crippen LogP contribution is 2.32. The zero-order valence-corrected chi connectivity index (χ0v) is 14.3. The molecule has 0 saturated heterocycles. The first-order valence-electron chi connectivity index (χ1n) is 7.61. The third-order valence-corrected chi connectivity index (χ3v) is 3.53. The number of methoxy groups -OCH3 is 2. The molecule has 0 aliphatic carbocycles. The topological polar surface area (TPSA) is 44.8 Å². The molecule has 1 rings (SSSR count). The van der Waals surface area contributed by atoms with Gasteiger partial charge in [-0.25, -0.2) is 0 Å². The highest BCUT2D eigenvalue weighted by molar-refractivity contribution is 5.69. The Labute approximate surface area is 133 Å². The van der Waals surface area contributed by atoms with Crippen molar-refractivity contribution in [1.29, 1.82) is 0 Å². The van der Waals surface area contributed by atoms with E-state index < -0.39 is 0 Å². The largest absolute Gasteiger partial charge is 0.493 e. The van der Waals surface area contributed by atoms with E-state index in [0.29, 0.717) is 13.0 Å². The maximum atomic E-state index is 11.4. The molecule has 0 bridgehead atoms. The van der Waals surface area contributed by atoms with Gasteiger partial charge >= 0.3 is 5.97 Å². The molecule has 0 N–H and O–H groups in total. The molecule has 1 aromatic rings. The molecule has 0 atom stereocenters. The minimum Gasteiger partial charge on any atom is -0.493 e. The number of rotatable bonds is 9. The van der Waals surface area contributed by atoms with Gasteiger partial charge in [0.1, 0.15) is 6.54 Å². The maximum absolute atomic E-state index is 11.4. The second-order valence-corrected chi connectivity index (χ2v) is 5.88. The fourth-order valence-corrected chi connectivity index (χ4v) is 2.50. The Morgan fingerprint density at radius 2 is 1.91 bits per heavy atom. The SMILES string of the molecule is CCOC(=O)CCC[N+](C)(C)Cc1cccc(OC)c1OC. The van der Waals surface area contributed by atoms with E-state index in [1.54, 1.807) is 14.2 Å². The second kappa shape index (κ2) is 8.63. The van der Waals surface area contributed by atoms with Gasteiger partial charge in [-0.15, -0.1) is 0 Å². The lowest BCUT2D eigenvalue weighted by Gasteiger charge is -2.30. The summed E-state index contributed by atoms with van der Waals surface area (Å²) in [6, 6.07) is 5.91. The van der Waals surface area contributed by atoms with E-state index in [2.05, 4.69) is 14.1 Å². The number of para-hydroxylation sites is 1. The third-order valence-electron chi connectivity index (χ3n) is 3.53. The molecule has 1 aromatic carbocycles. The lowest BCUT2D eigenvalue weighted by Crippen LogP contribution is -2.39. The molecule has 0 radical (unpaired) electrons. The predicted octanol–water partition coefficient (Wildman–Crippen LogP) is 2.62. The lowest BCUT2D eigenvalue weighted by molar-refractivity contribution is -0.903. The van der Waals surface area contributed by atoms with E-state index >= 15 is 0 Å². The van der Waals surface area contributed by atoms with Crippen LogP contribution in [0.25, 0.3) is 0 Å². The summed E-state index contributed by atoms with van der Waals surface area (Å²) in [5.74, 6) is 1.40. The van der Waals surface area contributed by atoms with Gasteiger partial charge in [-0.05, 0) is 19.1 Å². The predicted molar refractivity (Wildman–Crippen MR) is 86.1 cm³/mol. The summed E-state index contributed by atoms with van der Waals surface area (Å²) in [7, 11) is 7.58. The number of quaternary nitrogens is 1. The normalized spacial score (nSPS) is 11.1. The Bertz CT molecular complexity index is 486. The van der Waals surface area contributed by atoms with Crippen LogP contribution in [-0.2, 0) is 16.1 Å². The second-order valence-electron chi connectivity index (χ2n) is 5.88. The van der Waals surface area contributed by atoms with Crippen molar-refractivity contribution in [1.82, 2.24) is 0 Å². The van der Waals surface area contributed by atoms with Crippen molar-refractivity contribution < 1.29 is 23.5 Å². The number of carbonyl (C=O) groups is 1. The number of nitrogens with zero attached hydrogens (tertiary/aromatic N) is 1. The number of ether oxygens (including phenoxy) is 3. The molecule has 0 unspecified atom stereocenters. The van der Waals surface area contributed by atoms with Crippen molar-refractivity contribution in [3.8, 4) is 11.5 Å². The Kier molecular flexibility index (Phi) is 7.18. The van der Waals surface area contributed by atoms with Gasteiger partial charge in [0.05, 0.1) is 53.5 Å². The van der Waals surface area contributed by atoms with Crippen LogP contribution in [0.15, 0.2) is 18.2 Å². The summed E-state index contributed by atoms with van der Waals surface area (Å²) in [5.41, 5.74) is 1.10. The number of hydrogen-bond donors (Lipinski definition) is 0. The molecule has 5 heteroatoms. The number of benzene rings is 1. The highest BCUT2D eigenvalue weighted by Gasteiger charge is 2.20. The van der Waals surface area contributed by atoms with E-state index in [-0.39, 0.29) is 5.97 Å². The van der Waals surface area contributed by atoms with Crippen molar-refractivity contribution in [3.05, 3.63) is 23.8 Å². The molecule has 0 saturated carbocycles. The van der Waals surface area contributed by atoms with Gasteiger partial charge in [-0.2, -0.15) is 0 Å². The van der Waals surface area contributed by atoms with Gasteiger partial charge < -0.3 is 18.7 Å². The summed E-state index contributed by atoms with van der Waals surface area (Å²) in [5, 5.41) is 0. The van der Waals surface area contributed by atoms with Crippen molar-refractivity contribution >= 4 is 5.97 Å². The van der Waals surface area contributed by atoms with Gasteiger partial charge in [0.2, 0.25) is 0 Å². The first-order valence-corrected chi connectivity index (χ1v) is 7.61. The van der Waals surface area contributed by atoms with Crippen LogP contribution >= 0.6 is 0 Å². The first kappa shape index (κ1) is 18.3. The quantitative estimate of drug-likeness (QED) is 0.519. The van der Waals surface area contributed by atoms with Crippen molar-refractivity contribution in [2.24, 2.45) is 0 Å². The minimum atomic E-state index is -0.124. The lowest BCUT2D eigenvalue weighted by atomic mass is 10.1. The first-order chi connectivity index (χ1) is 10.4. The number of hydrogen-bond acceptors (Lipinski definition) is 4. The summed E-state index contributed by atoms with van der Waals surface area (Å²) in [4.78, 5) is 11.4. The number of carbonyl (C=O) groups excluding carboxylic acids is 1. The van der Waals surface area contributed by atoms with Crippen LogP contribution in [-0.4, -0.2) is 51.9 Å². The molecule has 0 amide bonds. The molecule has 0 fully saturated rings. The van der Waals surface area contributed by atoms with Gasteiger partial charge in [0.25, 0.3) is 0 Å². The fourth-order valence-electron chi connectivity index (χ4n) is 2.50. The van der Waals surface area contributed by atoms with E-state index in [0.717, 1.165) is 41.1 Å². The van der Waals surface area contributed by atoms with Crippen LogP contribution in [0, 0.1) is 0 Å². The van der Waals surface area contributed by atoms with E-state index in [4.69, 9.17) is 14.2 Å². The molecular weight excluding hydrogens is 282 g/mol. The van der Waals surface area contributed by atoms with Crippen molar-refractivity contribution in [2.45, 2.75) is 26.3 Å². The van der Waals surface area contributed by atoms with E-state index in [9.17, 15) is 4.79 Å². The summed E-state index contributed by atoms with van der Waals surface area (Å²) in [6.45, 7) is 3.97. The van der Waals surface area contributed by atoms with Crippen LogP contribution in [0.3, 0.4) is 0 Å². The molecule has 124 valence electrons. The monoisotopic (exact) mass is 310 g/mol. The fraction of sp³-hybridized carbons (Fsp3) is 0.588. The molecule has 0 aromatic heterocycles. The van der Waals surface area contributed by atoms with Crippen LogP contribution in [0.5, 0.6) is 11.5 Å². The molecule has 0 heterocycles. The molecule has 5 nitrogen and oxygen atoms in total. The van der Waals surface area contributed by atoms with Crippen molar-refractivity contribution in [3.63, 3.8) is 0 Å². The maximum Gasteiger partial charge on any atom is 0.305 e. The van der Waals surface area contributed by atoms with Crippen LogP contribution in [0.4, 0.5) is 0 Å². The molecule has 0 aliphatic heterocycles. The summed E-state index contributed by atoms with van der Waals surface area (Å²) in [6.07, 6.45) is 1.27. The van der Waals surface area contributed by atoms with Gasteiger partial charge in [0, 0.05) is 6.42 Å². The Hall–Kier alpha value is -1.75. The summed E-state index contributed by atoms with van der Waals surface area (Å²) < 4.78 is 16.5. The third kappa shape index (κ3) is 5.56. The van der Waals surface area contributed by atoms with Crippen LogP contribution in [0.2, 0.25) is 0 Å². The highest BCUT2D eigenvalue weighted by atomic mass is 16.5. The minimum absolute atomic E-state index is 0.124.